The number of phosphoric acid groups is 1. The Morgan fingerprint density at radius 2 is 1.84 bits per heavy atom. The molecule has 2 atom stereocenters. The number of rotatable bonds is 13. The number of phosphoric ester groups is 1. The largest absolute Gasteiger partial charge is 0.530 e. The predicted molar refractivity (Wildman–Crippen MR) is 134 cm³/mol. The number of thioether (sulfide) groups is 1. The molecule has 0 radical (unpaired) electrons. The zero-order valence-corrected chi connectivity index (χ0v) is 22.0. The average molecular weight is 557 g/mol. The molecule has 37 heavy (non-hydrogen) atoms. The number of amides is 2. The number of carbonyl (C=O) groups is 5. The fourth-order valence-electron chi connectivity index (χ4n) is 2.94. The maximum absolute atomic E-state index is 12.9. The molecular weight excluding hydrogens is 527 g/mol. The van der Waals surface area contributed by atoms with Gasteiger partial charge in [0.1, 0.15) is 5.75 Å². The summed E-state index contributed by atoms with van der Waals surface area (Å²) in [5, 5.41) is 13.2. The number of hydrogen-bond acceptors (Lipinski definition) is 10. The number of carboxylic acids is 1. The van der Waals surface area contributed by atoms with Crippen LogP contribution in [0.3, 0.4) is 0 Å². The number of carboxylic acid groups (broad SMARTS) is 1. The molecule has 1 saturated heterocycles. The van der Waals surface area contributed by atoms with E-state index in [9.17, 15) is 28.5 Å². The number of allylic oxidation sites excluding steroid dienone is 1. The van der Waals surface area contributed by atoms with Gasteiger partial charge in [0.25, 0.3) is 5.91 Å². The Bertz CT molecular complexity index is 1080. The molecule has 1 aliphatic heterocycles. The molecule has 12 nitrogen and oxygen atoms in total. The van der Waals surface area contributed by atoms with Crippen LogP contribution in [0.4, 0.5) is 0 Å². The lowest BCUT2D eigenvalue weighted by molar-refractivity contribution is -0.140. The lowest BCUT2D eigenvalue weighted by atomic mass is 9.87. The quantitative estimate of drug-likeness (QED) is 0.140. The Kier molecular flexibility index (Phi) is 11.5. The van der Waals surface area contributed by atoms with Gasteiger partial charge in [0, 0.05) is 36.8 Å². The molecule has 1 heterocycles. The molecule has 2 rings (SSSR count). The van der Waals surface area contributed by atoms with Gasteiger partial charge < -0.3 is 20.3 Å². The highest BCUT2D eigenvalue weighted by molar-refractivity contribution is 8.13. The van der Waals surface area contributed by atoms with Crippen molar-refractivity contribution in [3.05, 3.63) is 42.5 Å². The summed E-state index contributed by atoms with van der Waals surface area (Å²) in [6.45, 7) is 3.52. The highest BCUT2D eigenvalue weighted by Gasteiger charge is 2.49. The highest BCUT2D eigenvalue weighted by atomic mass is 32.2. The van der Waals surface area contributed by atoms with Crippen LogP contribution in [0.25, 0.3) is 0 Å². The third-order valence-corrected chi connectivity index (χ3v) is 7.03. The van der Waals surface area contributed by atoms with Gasteiger partial charge in [-0.1, -0.05) is 43.8 Å². The second-order valence-electron chi connectivity index (χ2n) is 8.53. The van der Waals surface area contributed by atoms with Crippen molar-refractivity contribution in [1.82, 2.24) is 10.6 Å². The zero-order valence-electron chi connectivity index (χ0n) is 20.3. The van der Waals surface area contributed by atoms with Crippen LogP contribution in [-0.4, -0.2) is 65.3 Å². The summed E-state index contributed by atoms with van der Waals surface area (Å²) >= 11 is 0.836. The molecule has 0 spiro atoms. The summed E-state index contributed by atoms with van der Waals surface area (Å²) in [5.74, 6) is -2.37. The average Bonchev–Trinajstić information content (AvgIpc) is 2.83. The second kappa shape index (κ2) is 14.1. The van der Waals surface area contributed by atoms with Crippen LogP contribution < -0.4 is 15.2 Å². The summed E-state index contributed by atoms with van der Waals surface area (Å²) < 4.78 is 29.1. The van der Waals surface area contributed by atoms with Crippen molar-refractivity contribution in [3.63, 3.8) is 0 Å². The molecule has 3 N–H and O–H groups in total. The molecule has 2 amide bonds. The first kappa shape index (κ1) is 30.2. The van der Waals surface area contributed by atoms with Gasteiger partial charge in [0.15, 0.2) is 17.0 Å². The van der Waals surface area contributed by atoms with E-state index in [0.717, 1.165) is 17.8 Å². The van der Waals surface area contributed by atoms with Gasteiger partial charge in [-0.15, -0.1) is 0 Å². The van der Waals surface area contributed by atoms with Crippen molar-refractivity contribution in [2.24, 2.45) is 5.41 Å². The first-order valence-corrected chi connectivity index (χ1v) is 13.7. The Morgan fingerprint density at radius 1 is 1.14 bits per heavy atom. The highest BCUT2D eigenvalue weighted by Crippen LogP contribution is 2.56. The van der Waals surface area contributed by atoms with Crippen LogP contribution in [0, 0.1) is 5.41 Å². The third kappa shape index (κ3) is 10.9. The Balaban J connectivity index is 1.71. The van der Waals surface area contributed by atoms with Gasteiger partial charge in [-0.2, -0.15) is 0 Å². The van der Waals surface area contributed by atoms with Crippen molar-refractivity contribution >= 4 is 48.3 Å². The van der Waals surface area contributed by atoms with Crippen molar-refractivity contribution in [2.75, 3.05) is 25.4 Å². The van der Waals surface area contributed by atoms with Crippen LogP contribution in [0.5, 0.6) is 5.75 Å². The molecular formula is C23H29N2O10PS. The molecule has 1 fully saturated rings. The summed E-state index contributed by atoms with van der Waals surface area (Å²) in [7, 11) is -4.04. The number of nitrogens with one attached hydrogen (secondary N) is 2. The Labute approximate surface area is 218 Å². The van der Waals surface area contributed by atoms with E-state index in [0.29, 0.717) is 6.08 Å². The monoisotopic (exact) mass is 556 g/mol. The van der Waals surface area contributed by atoms with Crippen LogP contribution in [0.1, 0.15) is 26.7 Å². The predicted octanol–water partition coefficient (Wildman–Crippen LogP) is 2.10. The Hall–Kier alpha value is -2.99. The molecule has 0 aliphatic carbocycles. The van der Waals surface area contributed by atoms with Crippen molar-refractivity contribution < 1.29 is 47.2 Å². The minimum absolute atomic E-state index is 0.0121. The van der Waals surface area contributed by atoms with Crippen LogP contribution in [0.15, 0.2) is 42.5 Å². The van der Waals surface area contributed by atoms with Crippen LogP contribution in [0.2, 0.25) is 0 Å². The number of para-hydroxylation sites is 1. The SMILES string of the molecule is CC1(C)COP(=O)(Oc2ccccc2)O[C@H]1C(=O)NCCC(=O)NCCSC(=O)CC(=O)/C=C/C(=O)O. The summed E-state index contributed by atoms with van der Waals surface area (Å²) in [5.41, 5.74) is -0.811. The number of ketones is 1. The second-order valence-corrected chi connectivity index (χ2v) is 11.2. The first-order chi connectivity index (χ1) is 17.4. The number of aliphatic carboxylic acids is 1. The van der Waals surface area contributed by atoms with E-state index in [-0.39, 0.29) is 43.5 Å². The van der Waals surface area contributed by atoms with Crippen molar-refractivity contribution in [2.45, 2.75) is 32.8 Å². The maximum Gasteiger partial charge on any atom is 0.530 e. The van der Waals surface area contributed by atoms with Crippen molar-refractivity contribution in [3.8, 4) is 5.75 Å². The summed E-state index contributed by atoms with van der Waals surface area (Å²) in [6.07, 6.45) is -0.161. The maximum atomic E-state index is 12.9. The van der Waals surface area contributed by atoms with Gasteiger partial charge in [-0.25, -0.2) is 9.36 Å². The topological polar surface area (TPSA) is 174 Å². The van der Waals surface area contributed by atoms with Gasteiger partial charge in [-0.05, 0) is 18.2 Å². The minimum Gasteiger partial charge on any atom is -0.478 e. The molecule has 14 heteroatoms. The molecule has 0 bridgehead atoms. The summed E-state index contributed by atoms with van der Waals surface area (Å²) in [6, 6.07) is 8.28. The molecule has 1 unspecified atom stereocenters. The van der Waals surface area contributed by atoms with Crippen molar-refractivity contribution in [1.29, 1.82) is 0 Å². The van der Waals surface area contributed by atoms with Crippen LogP contribution >= 0.6 is 19.6 Å². The van der Waals surface area contributed by atoms with E-state index in [4.69, 9.17) is 18.7 Å². The summed E-state index contributed by atoms with van der Waals surface area (Å²) in [4.78, 5) is 58.2. The van der Waals surface area contributed by atoms with E-state index in [1.165, 1.54) is 0 Å². The smallest absolute Gasteiger partial charge is 0.478 e. The van der Waals surface area contributed by atoms with E-state index in [2.05, 4.69) is 10.6 Å². The van der Waals surface area contributed by atoms with E-state index >= 15 is 0 Å². The lowest BCUT2D eigenvalue weighted by Gasteiger charge is -2.39. The minimum atomic E-state index is -4.04. The van der Waals surface area contributed by atoms with Gasteiger partial charge >= 0.3 is 13.8 Å². The number of hydrogen-bond donors (Lipinski definition) is 3. The molecule has 1 aliphatic rings. The molecule has 202 valence electrons. The third-order valence-electron chi connectivity index (χ3n) is 4.81. The van der Waals surface area contributed by atoms with Gasteiger partial charge in [0.05, 0.1) is 13.0 Å². The normalized spacial score (nSPS) is 20.6. The zero-order chi connectivity index (χ0) is 27.5. The van der Waals surface area contributed by atoms with Gasteiger partial charge in [-0.3, -0.25) is 28.2 Å². The van der Waals surface area contributed by atoms with Crippen LogP contribution in [-0.2, 0) is 37.6 Å². The lowest BCUT2D eigenvalue weighted by Crippen LogP contribution is -2.50. The van der Waals surface area contributed by atoms with E-state index in [1.807, 2.05) is 0 Å². The molecule has 0 aromatic heterocycles. The molecule has 1 aromatic rings. The Morgan fingerprint density at radius 3 is 2.51 bits per heavy atom. The van der Waals surface area contributed by atoms with E-state index in [1.54, 1.807) is 44.2 Å². The molecule has 1 aromatic carbocycles. The number of benzene rings is 1. The first-order valence-electron chi connectivity index (χ1n) is 11.2. The fourth-order valence-corrected chi connectivity index (χ4v) is 5.28. The number of carbonyl (C=O) groups excluding carboxylic acids is 4. The van der Waals surface area contributed by atoms with E-state index < -0.39 is 48.5 Å². The standard InChI is InChI=1S/C23H29N2O10PS/c1-23(2)15-33-36(32,34-17-6-4-3-5-7-17)35-21(23)22(31)25-11-10-18(27)24-12-13-37-20(30)14-16(26)8-9-19(28)29/h3-9,21H,10-15H2,1-2H3,(H,24,27)(H,25,31)(H,28,29)/b9-8+/t21-,36?/m0/s1. The van der Waals surface area contributed by atoms with Gasteiger partial charge in [0.2, 0.25) is 5.91 Å². The fraction of sp³-hybridized carbons (Fsp3) is 0.435. The molecule has 0 saturated carbocycles.